The Morgan fingerprint density at radius 3 is 2.73 bits per heavy atom. The number of rotatable bonds is 3. The van der Waals surface area contributed by atoms with Crippen LogP contribution in [-0.2, 0) is 6.61 Å². The third kappa shape index (κ3) is 2.02. The lowest BCUT2D eigenvalue weighted by molar-refractivity contribution is 0.150. The van der Waals surface area contributed by atoms with Crippen molar-refractivity contribution < 1.29 is 18.6 Å². The van der Waals surface area contributed by atoms with Crippen LogP contribution in [0.4, 0.5) is 8.78 Å². The highest BCUT2D eigenvalue weighted by atomic mass is 19.3. The van der Waals surface area contributed by atoms with Gasteiger partial charge in [-0.25, -0.2) is 13.8 Å². The second kappa shape index (κ2) is 4.66. The Kier molecular flexibility index (Phi) is 3.52. The molecule has 80 valence electrons. The number of hydrogen-bond acceptors (Lipinski definition) is 4. The molecule has 4 nitrogen and oxygen atoms in total. The maximum atomic E-state index is 12.5. The number of aliphatic hydroxyl groups is 1. The van der Waals surface area contributed by atoms with Crippen LogP contribution in [0.3, 0.4) is 0 Å². The summed E-state index contributed by atoms with van der Waals surface area (Å²) in [6.07, 6.45) is -1.93. The molecule has 0 radical (unpaired) electrons. The summed E-state index contributed by atoms with van der Waals surface area (Å²) >= 11 is 0. The number of aliphatic hydroxyl groups excluding tert-OH is 1. The van der Waals surface area contributed by atoms with Crippen LogP contribution < -0.4 is 4.74 Å². The Labute approximate surface area is 84.7 Å². The minimum Gasteiger partial charge on any atom is -0.481 e. The monoisotopic (exact) mass is 214 g/mol. The Morgan fingerprint density at radius 1 is 1.67 bits per heavy atom. The first kappa shape index (κ1) is 11.3. The average Bonchev–Trinajstić information content (AvgIpc) is 2.26. The molecule has 1 aromatic heterocycles. The van der Waals surface area contributed by atoms with Gasteiger partial charge in [0.2, 0.25) is 5.88 Å². The van der Waals surface area contributed by atoms with Crippen LogP contribution in [0.2, 0.25) is 0 Å². The number of methoxy groups -OCH3 is 1. The molecule has 1 aromatic rings. The van der Waals surface area contributed by atoms with Crippen LogP contribution in [0.1, 0.15) is 23.1 Å². The molecule has 0 spiro atoms. The smallest absolute Gasteiger partial charge is 0.266 e. The van der Waals surface area contributed by atoms with E-state index in [4.69, 9.17) is 15.1 Å². The standard InChI is InChI=1S/C9H8F2N2O2/c1-15-9-7(4-14)5(2-12)6(3-13-9)8(10)11/h3,8,14H,4H2,1H3. The van der Waals surface area contributed by atoms with Crippen molar-refractivity contribution in [3.05, 3.63) is 22.9 Å². The summed E-state index contributed by atoms with van der Waals surface area (Å²) in [5.74, 6) is -0.0153. The average molecular weight is 214 g/mol. The van der Waals surface area contributed by atoms with Crippen LogP contribution in [0.15, 0.2) is 6.20 Å². The van der Waals surface area contributed by atoms with Crippen molar-refractivity contribution in [1.82, 2.24) is 4.98 Å². The fourth-order valence-corrected chi connectivity index (χ4v) is 1.17. The van der Waals surface area contributed by atoms with E-state index < -0.39 is 18.6 Å². The van der Waals surface area contributed by atoms with E-state index in [2.05, 4.69) is 4.98 Å². The summed E-state index contributed by atoms with van der Waals surface area (Å²) in [6.45, 7) is -0.570. The lowest BCUT2D eigenvalue weighted by Gasteiger charge is -2.10. The number of halogens is 2. The van der Waals surface area contributed by atoms with Gasteiger partial charge >= 0.3 is 0 Å². The molecule has 1 heterocycles. The van der Waals surface area contributed by atoms with Gasteiger partial charge < -0.3 is 9.84 Å². The maximum absolute atomic E-state index is 12.5. The second-order valence-electron chi connectivity index (χ2n) is 2.65. The van der Waals surface area contributed by atoms with E-state index in [1.54, 1.807) is 6.07 Å². The van der Waals surface area contributed by atoms with Gasteiger partial charge in [-0.1, -0.05) is 0 Å². The van der Waals surface area contributed by atoms with Gasteiger partial charge in [0.05, 0.1) is 30.4 Å². The summed E-state index contributed by atoms with van der Waals surface area (Å²) in [7, 11) is 1.28. The molecule has 0 atom stereocenters. The fourth-order valence-electron chi connectivity index (χ4n) is 1.17. The first-order valence-electron chi connectivity index (χ1n) is 4.00. The van der Waals surface area contributed by atoms with Gasteiger partial charge in [0.1, 0.15) is 6.07 Å². The molecule has 0 saturated carbocycles. The van der Waals surface area contributed by atoms with E-state index >= 15 is 0 Å². The Balaban J connectivity index is 3.43. The number of alkyl halides is 2. The molecule has 0 aromatic carbocycles. The maximum Gasteiger partial charge on any atom is 0.266 e. The minimum atomic E-state index is -2.80. The van der Waals surface area contributed by atoms with Crippen LogP contribution in [0.25, 0.3) is 0 Å². The van der Waals surface area contributed by atoms with Crippen molar-refractivity contribution in [2.45, 2.75) is 13.0 Å². The summed E-state index contributed by atoms with van der Waals surface area (Å²) < 4.78 is 29.7. The zero-order chi connectivity index (χ0) is 11.4. The zero-order valence-electron chi connectivity index (χ0n) is 7.87. The Hall–Kier alpha value is -1.74. The number of nitrogens with zero attached hydrogens (tertiary/aromatic N) is 2. The summed E-state index contributed by atoms with van der Waals surface area (Å²) in [5.41, 5.74) is -0.792. The van der Waals surface area contributed by atoms with Crippen molar-refractivity contribution in [3.63, 3.8) is 0 Å². The Bertz CT molecular complexity index is 402. The van der Waals surface area contributed by atoms with Gasteiger partial charge in [0.15, 0.2) is 0 Å². The van der Waals surface area contributed by atoms with Crippen LogP contribution in [0, 0.1) is 11.3 Å². The van der Waals surface area contributed by atoms with E-state index in [1.165, 1.54) is 7.11 Å². The molecule has 0 saturated heterocycles. The highest BCUT2D eigenvalue weighted by Gasteiger charge is 2.20. The first-order chi connectivity index (χ1) is 7.15. The molecular weight excluding hydrogens is 206 g/mol. The normalized spacial score (nSPS) is 10.1. The van der Waals surface area contributed by atoms with E-state index in [9.17, 15) is 8.78 Å². The Morgan fingerprint density at radius 2 is 2.33 bits per heavy atom. The van der Waals surface area contributed by atoms with Crippen molar-refractivity contribution >= 4 is 0 Å². The lowest BCUT2D eigenvalue weighted by Crippen LogP contribution is -2.03. The van der Waals surface area contributed by atoms with Crippen LogP contribution in [-0.4, -0.2) is 17.2 Å². The van der Waals surface area contributed by atoms with Gasteiger partial charge in [-0.2, -0.15) is 5.26 Å². The van der Waals surface area contributed by atoms with E-state index in [-0.39, 0.29) is 17.0 Å². The molecule has 6 heteroatoms. The lowest BCUT2D eigenvalue weighted by atomic mass is 10.1. The van der Waals surface area contributed by atoms with Gasteiger partial charge in [-0.05, 0) is 0 Å². The van der Waals surface area contributed by atoms with E-state index in [0.29, 0.717) is 0 Å². The van der Waals surface area contributed by atoms with Gasteiger partial charge in [-0.15, -0.1) is 0 Å². The summed E-state index contributed by atoms with van der Waals surface area (Å²) in [6, 6.07) is 1.61. The van der Waals surface area contributed by atoms with Crippen molar-refractivity contribution in [2.24, 2.45) is 0 Å². The van der Waals surface area contributed by atoms with Crippen molar-refractivity contribution in [2.75, 3.05) is 7.11 Å². The number of aromatic nitrogens is 1. The highest BCUT2D eigenvalue weighted by molar-refractivity contribution is 5.48. The summed E-state index contributed by atoms with van der Waals surface area (Å²) in [4.78, 5) is 3.58. The number of hydrogen-bond donors (Lipinski definition) is 1. The molecule has 0 amide bonds. The van der Waals surface area contributed by atoms with Crippen molar-refractivity contribution in [1.29, 1.82) is 5.26 Å². The SMILES string of the molecule is COc1ncc(C(F)F)c(C#N)c1CO. The highest BCUT2D eigenvalue weighted by Crippen LogP contribution is 2.28. The number of pyridine rings is 1. The molecule has 1 N–H and O–H groups in total. The number of nitriles is 1. The largest absolute Gasteiger partial charge is 0.481 e. The van der Waals surface area contributed by atoms with Gasteiger partial charge in [0, 0.05) is 6.20 Å². The molecule has 0 aliphatic rings. The first-order valence-corrected chi connectivity index (χ1v) is 4.00. The molecule has 0 bridgehead atoms. The van der Waals surface area contributed by atoms with Crippen molar-refractivity contribution in [3.8, 4) is 11.9 Å². The zero-order valence-corrected chi connectivity index (χ0v) is 7.87. The minimum absolute atomic E-state index is 0.0153. The quantitative estimate of drug-likeness (QED) is 0.825. The fraction of sp³-hybridized carbons (Fsp3) is 0.333. The number of ether oxygens (including phenoxy) is 1. The van der Waals surface area contributed by atoms with E-state index in [1.807, 2.05) is 0 Å². The van der Waals surface area contributed by atoms with Crippen LogP contribution in [0.5, 0.6) is 5.88 Å². The van der Waals surface area contributed by atoms with E-state index in [0.717, 1.165) is 6.20 Å². The topological polar surface area (TPSA) is 66.1 Å². The second-order valence-corrected chi connectivity index (χ2v) is 2.65. The predicted octanol–water partition coefficient (Wildman–Crippen LogP) is 1.39. The molecule has 1 rings (SSSR count). The molecule has 0 aliphatic carbocycles. The molecule has 15 heavy (non-hydrogen) atoms. The molecule has 0 unspecified atom stereocenters. The van der Waals surface area contributed by atoms with Gasteiger partial charge in [0.25, 0.3) is 6.43 Å². The third-order valence-corrected chi connectivity index (χ3v) is 1.87. The predicted molar refractivity (Wildman–Crippen MR) is 46.4 cm³/mol. The summed E-state index contributed by atoms with van der Waals surface area (Å²) in [5, 5.41) is 17.7. The molecule has 0 fully saturated rings. The molecule has 0 aliphatic heterocycles. The van der Waals surface area contributed by atoms with Crippen LogP contribution >= 0.6 is 0 Å². The molecular formula is C9H8F2N2O2. The third-order valence-electron chi connectivity index (χ3n) is 1.87. The van der Waals surface area contributed by atoms with Gasteiger partial charge in [-0.3, -0.25) is 0 Å².